The van der Waals surface area contributed by atoms with Crippen molar-refractivity contribution in [3.63, 3.8) is 0 Å². The number of ether oxygens (including phenoxy) is 1. The fourth-order valence-electron chi connectivity index (χ4n) is 2.98. The highest BCUT2D eigenvalue weighted by atomic mass is 16.5. The molecule has 2 heterocycles. The first-order valence-electron chi connectivity index (χ1n) is 7.39. The third-order valence-electron chi connectivity index (χ3n) is 4.15. The van der Waals surface area contributed by atoms with Crippen molar-refractivity contribution in [1.82, 2.24) is 14.7 Å². The van der Waals surface area contributed by atoms with Crippen molar-refractivity contribution in [3.8, 4) is 0 Å². The maximum absolute atomic E-state index is 12.9. The van der Waals surface area contributed by atoms with E-state index in [2.05, 4.69) is 5.10 Å². The Bertz CT molecular complexity index is 843. The van der Waals surface area contributed by atoms with Gasteiger partial charge >= 0.3 is 5.97 Å². The van der Waals surface area contributed by atoms with Crippen LogP contribution in [0.1, 0.15) is 23.3 Å². The fourth-order valence-corrected chi connectivity index (χ4v) is 2.98. The quantitative estimate of drug-likeness (QED) is 0.762. The molecule has 23 heavy (non-hydrogen) atoms. The van der Waals surface area contributed by atoms with E-state index >= 15 is 0 Å². The van der Waals surface area contributed by atoms with Gasteiger partial charge in [0.15, 0.2) is 5.69 Å². The van der Waals surface area contributed by atoms with Gasteiger partial charge in [-0.15, -0.1) is 0 Å². The highest BCUT2D eigenvalue weighted by molar-refractivity contribution is 6.06. The second-order valence-corrected chi connectivity index (χ2v) is 5.50. The van der Waals surface area contributed by atoms with Crippen molar-refractivity contribution in [2.75, 3.05) is 13.7 Å². The second-order valence-electron chi connectivity index (χ2n) is 5.50. The Morgan fingerprint density at radius 2 is 1.96 bits per heavy atom. The molecule has 1 aromatic heterocycles. The lowest BCUT2D eigenvalue weighted by Gasteiger charge is -2.22. The van der Waals surface area contributed by atoms with E-state index in [0.717, 1.165) is 11.1 Å². The molecule has 1 atom stereocenters. The van der Waals surface area contributed by atoms with Crippen molar-refractivity contribution < 1.29 is 14.3 Å². The summed E-state index contributed by atoms with van der Waals surface area (Å²) < 4.78 is 5.92. The zero-order valence-electron chi connectivity index (χ0n) is 13.0. The summed E-state index contributed by atoms with van der Waals surface area (Å²) in [6, 6.07) is 6.26. The van der Waals surface area contributed by atoms with Gasteiger partial charge in [-0.1, -0.05) is 18.2 Å². The Labute approximate surface area is 132 Å². The van der Waals surface area contributed by atoms with Gasteiger partial charge in [0.25, 0.3) is 11.5 Å². The van der Waals surface area contributed by atoms with Crippen molar-refractivity contribution in [3.05, 3.63) is 40.3 Å². The molecule has 0 aliphatic carbocycles. The Kier molecular flexibility index (Phi) is 3.85. The Morgan fingerprint density at radius 3 is 2.65 bits per heavy atom. The molecule has 0 saturated carbocycles. The molecule has 0 radical (unpaired) electrons. The summed E-state index contributed by atoms with van der Waals surface area (Å²) >= 11 is 0. The molecule has 1 amide bonds. The lowest BCUT2D eigenvalue weighted by molar-refractivity contribution is -0.145. The van der Waals surface area contributed by atoms with E-state index in [9.17, 15) is 14.4 Å². The van der Waals surface area contributed by atoms with Gasteiger partial charge in [0.05, 0.1) is 12.5 Å². The topological polar surface area (TPSA) is 81.5 Å². The minimum atomic E-state index is -0.592. The van der Waals surface area contributed by atoms with Gasteiger partial charge in [-0.05, 0) is 18.9 Å². The highest BCUT2D eigenvalue weighted by Crippen LogP contribution is 2.23. The van der Waals surface area contributed by atoms with Crippen LogP contribution in [-0.4, -0.2) is 46.3 Å². The summed E-state index contributed by atoms with van der Waals surface area (Å²) in [5.41, 5.74) is -0.0819. The molecular formula is C16H17N3O4. The van der Waals surface area contributed by atoms with Crippen LogP contribution in [0.5, 0.6) is 0 Å². The molecule has 1 aromatic carbocycles. The van der Waals surface area contributed by atoms with Crippen molar-refractivity contribution in [1.29, 1.82) is 0 Å². The first-order valence-corrected chi connectivity index (χ1v) is 7.39. The summed E-state index contributed by atoms with van der Waals surface area (Å²) in [5.74, 6) is -0.783. The average molecular weight is 315 g/mol. The minimum Gasteiger partial charge on any atom is -0.467 e. The van der Waals surface area contributed by atoms with Crippen LogP contribution in [0.4, 0.5) is 0 Å². The van der Waals surface area contributed by atoms with E-state index < -0.39 is 12.0 Å². The number of methoxy groups -OCH3 is 1. The van der Waals surface area contributed by atoms with E-state index in [-0.39, 0.29) is 17.2 Å². The van der Waals surface area contributed by atoms with Crippen molar-refractivity contribution in [2.45, 2.75) is 18.9 Å². The number of carbonyl (C=O) groups is 2. The van der Waals surface area contributed by atoms with E-state index in [1.165, 1.54) is 19.1 Å². The number of fused-ring (bicyclic) bond motifs is 1. The van der Waals surface area contributed by atoms with Gasteiger partial charge in [0, 0.05) is 19.0 Å². The number of aryl methyl sites for hydroxylation is 1. The normalized spacial score (nSPS) is 17.5. The van der Waals surface area contributed by atoms with E-state index in [1.807, 2.05) is 0 Å². The summed E-state index contributed by atoms with van der Waals surface area (Å²) in [7, 11) is 2.82. The molecule has 7 heteroatoms. The predicted octanol–water partition coefficient (Wildman–Crippen LogP) is 0.711. The SMILES string of the molecule is COC(=O)C1CCCN1C(=O)c1nn(C)c(=O)c2ccccc12. The van der Waals surface area contributed by atoms with Gasteiger partial charge in [-0.2, -0.15) is 5.10 Å². The van der Waals surface area contributed by atoms with Crippen LogP contribution < -0.4 is 5.56 Å². The molecule has 1 aliphatic heterocycles. The van der Waals surface area contributed by atoms with Gasteiger partial charge in [0.1, 0.15) is 6.04 Å². The number of esters is 1. The lowest BCUT2D eigenvalue weighted by Crippen LogP contribution is -2.42. The standard InChI is InChI=1S/C16H17N3O4/c1-18-14(20)11-7-4-3-6-10(11)13(17-18)15(21)19-9-5-8-12(19)16(22)23-2/h3-4,6-7,12H,5,8-9H2,1-2H3. The molecule has 0 N–H and O–H groups in total. The highest BCUT2D eigenvalue weighted by Gasteiger charge is 2.36. The van der Waals surface area contributed by atoms with E-state index in [4.69, 9.17) is 4.74 Å². The molecule has 1 unspecified atom stereocenters. The Morgan fingerprint density at radius 1 is 1.26 bits per heavy atom. The second kappa shape index (κ2) is 5.83. The van der Waals surface area contributed by atoms with Crippen LogP contribution in [0.2, 0.25) is 0 Å². The molecule has 1 saturated heterocycles. The van der Waals surface area contributed by atoms with Crippen LogP contribution in [0.15, 0.2) is 29.1 Å². The maximum Gasteiger partial charge on any atom is 0.328 e. The molecule has 120 valence electrons. The third kappa shape index (κ3) is 2.48. The summed E-state index contributed by atoms with van der Waals surface area (Å²) in [6.07, 6.45) is 1.30. The predicted molar refractivity (Wildman–Crippen MR) is 83.1 cm³/mol. The molecular weight excluding hydrogens is 298 g/mol. The first kappa shape index (κ1) is 15.2. The smallest absolute Gasteiger partial charge is 0.328 e. The van der Waals surface area contributed by atoms with E-state index in [0.29, 0.717) is 23.7 Å². The van der Waals surface area contributed by atoms with Crippen molar-refractivity contribution in [2.24, 2.45) is 7.05 Å². The molecule has 1 fully saturated rings. The van der Waals surface area contributed by atoms with Gasteiger partial charge in [0.2, 0.25) is 0 Å². The van der Waals surface area contributed by atoms with Gasteiger partial charge in [-0.25, -0.2) is 9.48 Å². The summed E-state index contributed by atoms with van der Waals surface area (Å²) in [6.45, 7) is 0.470. The number of carbonyl (C=O) groups excluding carboxylic acids is 2. The Hall–Kier alpha value is -2.70. The average Bonchev–Trinajstić information content (AvgIpc) is 3.06. The largest absolute Gasteiger partial charge is 0.467 e. The maximum atomic E-state index is 12.9. The zero-order valence-corrected chi connectivity index (χ0v) is 13.0. The third-order valence-corrected chi connectivity index (χ3v) is 4.15. The van der Waals surface area contributed by atoms with Gasteiger partial charge < -0.3 is 9.64 Å². The molecule has 0 bridgehead atoms. The van der Waals surface area contributed by atoms with Crippen molar-refractivity contribution >= 4 is 22.6 Å². The summed E-state index contributed by atoms with van der Waals surface area (Å²) in [5, 5.41) is 5.05. The van der Waals surface area contributed by atoms with Crippen LogP contribution in [-0.2, 0) is 16.6 Å². The number of amides is 1. The molecule has 1 aliphatic rings. The number of aromatic nitrogens is 2. The zero-order chi connectivity index (χ0) is 16.6. The molecule has 7 nitrogen and oxygen atoms in total. The minimum absolute atomic E-state index is 0.179. The number of nitrogens with zero attached hydrogens (tertiary/aromatic N) is 3. The number of hydrogen-bond donors (Lipinski definition) is 0. The Balaban J connectivity index is 2.10. The lowest BCUT2D eigenvalue weighted by atomic mass is 10.1. The monoisotopic (exact) mass is 315 g/mol. The number of hydrogen-bond acceptors (Lipinski definition) is 5. The van der Waals surface area contributed by atoms with Crippen LogP contribution >= 0.6 is 0 Å². The molecule has 2 aromatic rings. The van der Waals surface area contributed by atoms with Crippen LogP contribution in [0.25, 0.3) is 10.8 Å². The van der Waals surface area contributed by atoms with Crippen LogP contribution in [0, 0.1) is 0 Å². The van der Waals surface area contributed by atoms with E-state index in [1.54, 1.807) is 24.3 Å². The molecule has 0 spiro atoms. The fraction of sp³-hybridized carbons (Fsp3) is 0.375. The van der Waals surface area contributed by atoms with Gasteiger partial charge in [-0.3, -0.25) is 9.59 Å². The number of rotatable bonds is 2. The first-order chi connectivity index (χ1) is 11.0. The number of benzene rings is 1. The molecule has 3 rings (SSSR count). The van der Waals surface area contributed by atoms with Crippen LogP contribution in [0.3, 0.4) is 0 Å². The summed E-state index contributed by atoms with van der Waals surface area (Å²) in [4.78, 5) is 38.4. The number of likely N-dealkylation sites (tertiary alicyclic amines) is 1.